The molecule has 0 saturated heterocycles. The van der Waals surface area contributed by atoms with Gasteiger partial charge in [-0.2, -0.15) is 0 Å². The zero-order chi connectivity index (χ0) is 23.8. The van der Waals surface area contributed by atoms with Crippen LogP contribution < -0.4 is 5.56 Å². The van der Waals surface area contributed by atoms with Gasteiger partial charge in [0.15, 0.2) is 11.0 Å². The molecule has 0 bridgehead atoms. The molecule has 0 saturated carbocycles. The van der Waals surface area contributed by atoms with Gasteiger partial charge in [0.25, 0.3) is 5.56 Å². The molecule has 0 unspecified atom stereocenters. The zero-order valence-corrected chi connectivity index (χ0v) is 20.7. The van der Waals surface area contributed by atoms with Gasteiger partial charge in [-0.15, -0.1) is 28.1 Å². The van der Waals surface area contributed by atoms with Gasteiger partial charge in [-0.25, -0.2) is 4.98 Å². The van der Waals surface area contributed by atoms with Crippen LogP contribution in [0.2, 0.25) is 0 Å². The van der Waals surface area contributed by atoms with Gasteiger partial charge in [0.2, 0.25) is 0 Å². The third kappa shape index (κ3) is 4.01. The van der Waals surface area contributed by atoms with E-state index in [2.05, 4.69) is 52.9 Å². The van der Waals surface area contributed by atoms with Crippen LogP contribution in [0.5, 0.6) is 0 Å². The first kappa shape index (κ1) is 22.4. The molecular formula is C25H23N5O2S2. The number of H-pyrrole nitrogens is 1. The van der Waals surface area contributed by atoms with Crippen molar-refractivity contribution in [3.63, 3.8) is 0 Å². The first-order valence-corrected chi connectivity index (χ1v) is 12.6. The summed E-state index contributed by atoms with van der Waals surface area (Å²) < 4.78 is 7.41. The Kier molecular flexibility index (Phi) is 5.97. The number of nitrogens with zero attached hydrogens (tertiary/aromatic N) is 4. The van der Waals surface area contributed by atoms with E-state index >= 15 is 0 Å². The van der Waals surface area contributed by atoms with E-state index in [1.165, 1.54) is 17.3 Å². The van der Waals surface area contributed by atoms with Crippen LogP contribution in [0.15, 0.2) is 63.6 Å². The summed E-state index contributed by atoms with van der Waals surface area (Å²) in [4.78, 5) is 22.7. The second kappa shape index (κ2) is 9.08. The topological polar surface area (TPSA) is 89.6 Å². The highest BCUT2D eigenvalue weighted by Crippen LogP contribution is 2.36. The third-order valence-electron chi connectivity index (χ3n) is 5.59. The number of furan rings is 1. The van der Waals surface area contributed by atoms with Gasteiger partial charge in [0, 0.05) is 17.0 Å². The number of hydrogen-bond donors (Lipinski definition) is 1. The lowest BCUT2D eigenvalue weighted by atomic mass is 10.0. The number of aryl methyl sites for hydroxylation is 3. The Hall–Kier alpha value is -3.43. The molecule has 4 heterocycles. The second-order valence-electron chi connectivity index (χ2n) is 7.98. The molecule has 0 atom stereocenters. The highest BCUT2D eigenvalue weighted by molar-refractivity contribution is 7.98. The van der Waals surface area contributed by atoms with Crippen molar-refractivity contribution in [2.75, 3.05) is 0 Å². The van der Waals surface area contributed by atoms with Crippen molar-refractivity contribution in [2.24, 2.45) is 0 Å². The normalized spacial score (nSPS) is 11.4. The molecule has 0 spiro atoms. The van der Waals surface area contributed by atoms with Gasteiger partial charge in [-0.1, -0.05) is 47.7 Å². The minimum Gasteiger partial charge on any atom is -0.469 e. The van der Waals surface area contributed by atoms with Crippen LogP contribution in [0, 0.1) is 20.8 Å². The minimum absolute atomic E-state index is 0.122. The number of rotatable bonds is 7. The number of thioether (sulfide) groups is 1. The largest absolute Gasteiger partial charge is 0.469 e. The summed E-state index contributed by atoms with van der Waals surface area (Å²) in [5, 5.41) is 10.1. The quantitative estimate of drug-likeness (QED) is 0.226. The fourth-order valence-electron chi connectivity index (χ4n) is 3.94. The van der Waals surface area contributed by atoms with Crippen LogP contribution in [0.1, 0.15) is 22.0 Å². The number of fused-ring (bicyclic) bond motifs is 1. The first-order valence-electron chi connectivity index (χ1n) is 10.8. The van der Waals surface area contributed by atoms with Gasteiger partial charge in [-0.3, -0.25) is 9.36 Å². The molecule has 0 radical (unpaired) electrons. The maximum atomic E-state index is 13.1. The molecule has 1 aromatic carbocycles. The predicted molar refractivity (Wildman–Crippen MR) is 137 cm³/mol. The molecule has 9 heteroatoms. The summed E-state index contributed by atoms with van der Waals surface area (Å²) in [6.07, 6.45) is 3.45. The minimum atomic E-state index is -0.122. The third-order valence-corrected chi connectivity index (χ3v) is 7.57. The number of aromatic amines is 1. The fraction of sp³-hybridized carbons (Fsp3) is 0.200. The van der Waals surface area contributed by atoms with E-state index in [9.17, 15) is 4.79 Å². The molecule has 0 fully saturated rings. The van der Waals surface area contributed by atoms with E-state index in [0.717, 1.165) is 43.1 Å². The van der Waals surface area contributed by atoms with E-state index < -0.39 is 0 Å². The van der Waals surface area contributed by atoms with Crippen molar-refractivity contribution < 1.29 is 4.42 Å². The van der Waals surface area contributed by atoms with Crippen LogP contribution in [0.4, 0.5) is 0 Å². The van der Waals surface area contributed by atoms with Crippen LogP contribution in [0.3, 0.4) is 0 Å². The van der Waals surface area contributed by atoms with Crippen molar-refractivity contribution >= 4 is 33.3 Å². The average Bonchev–Trinajstić information content (AvgIpc) is 3.50. The van der Waals surface area contributed by atoms with E-state index in [4.69, 9.17) is 9.40 Å². The lowest BCUT2D eigenvalue weighted by Crippen LogP contribution is -2.11. The molecule has 4 aromatic heterocycles. The van der Waals surface area contributed by atoms with Crippen LogP contribution in [0.25, 0.3) is 32.7 Å². The molecule has 7 nitrogen and oxygen atoms in total. The molecule has 0 aliphatic rings. The summed E-state index contributed by atoms with van der Waals surface area (Å²) in [5.74, 6) is 2.57. The Balaban J connectivity index is 1.46. The average molecular weight is 490 g/mol. The van der Waals surface area contributed by atoms with Crippen molar-refractivity contribution in [3.8, 4) is 22.5 Å². The molecule has 0 amide bonds. The van der Waals surface area contributed by atoms with E-state index in [1.54, 1.807) is 23.7 Å². The smallest absolute Gasteiger partial charge is 0.260 e. The molecule has 1 N–H and O–H groups in total. The summed E-state index contributed by atoms with van der Waals surface area (Å²) in [5.41, 5.74) is 3.94. The first-order chi connectivity index (χ1) is 16.5. The van der Waals surface area contributed by atoms with Gasteiger partial charge in [0.05, 0.1) is 23.0 Å². The van der Waals surface area contributed by atoms with E-state index in [0.29, 0.717) is 23.5 Å². The summed E-state index contributed by atoms with van der Waals surface area (Å²) in [6.45, 7) is 10.4. The van der Waals surface area contributed by atoms with E-state index in [-0.39, 0.29) is 5.56 Å². The van der Waals surface area contributed by atoms with E-state index in [1.807, 2.05) is 24.5 Å². The van der Waals surface area contributed by atoms with Crippen LogP contribution in [-0.4, -0.2) is 24.7 Å². The van der Waals surface area contributed by atoms with Crippen molar-refractivity contribution in [1.82, 2.24) is 24.7 Å². The Morgan fingerprint density at radius 3 is 2.68 bits per heavy atom. The van der Waals surface area contributed by atoms with Crippen molar-refractivity contribution in [2.45, 2.75) is 38.2 Å². The van der Waals surface area contributed by atoms with Crippen LogP contribution in [-0.2, 0) is 12.3 Å². The Morgan fingerprint density at radius 2 is 1.97 bits per heavy atom. The molecule has 5 aromatic rings. The number of allylic oxidation sites excluding steroid dienone is 1. The summed E-state index contributed by atoms with van der Waals surface area (Å²) in [7, 11) is 0. The second-order valence-corrected chi connectivity index (χ2v) is 10.1. The standard InChI is InChI=1S/C25H23N5O2S2/c1-5-11-30-22(18-10-12-32-15(18)3)28-29-25(30)33-13-19-26-23(31)21-20(16(4)34-24(21)27-19)17-8-6-14(2)7-9-17/h5-10,12H,1,11,13H2,2-4H3,(H,26,27,31). The van der Waals surface area contributed by atoms with Gasteiger partial charge < -0.3 is 9.40 Å². The molecule has 34 heavy (non-hydrogen) atoms. The number of benzene rings is 1. The fourth-order valence-corrected chi connectivity index (χ4v) is 5.82. The monoisotopic (exact) mass is 489 g/mol. The molecule has 0 aliphatic carbocycles. The molecule has 5 rings (SSSR count). The van der Waals surface area contributed by atoms with Gasteiger partial charge in [-0.05, 0) is 32.4 Å². The van der Waals surface area contributed by atoms with Gasteiger partial charge in [0.1, 0.15) is 16.4 Å². The Bertz CT molecular complexity index is 1560. The zero-order valence-electron chi connectivity index (χ0n) is 19.1. The molecular weight excluding hydrogens is 466 g/mol. The summed E-state index contributed by atoms with van der Waals surface area (Å²) >= 11 is 3.02. The Labute approximate surface area is 204 Å². The lowest BCUT2D eigenvalue weighted by molar-refractivity contribution is 0.534. The van der Waals surface area contributed by atoms with Gasteiger partial charge >= 0.3 is 0 Å². The lowest BCUT2D eigenvalue weighted by Gasteiger charge is -2.07. The number of aromatic nitrogens is 5. The molecule has 172 valence electrons. The number of thiophene rings is 1. The predicted octanol–water partition coefficient (Wildman–Crippen LogP) is 5.91. The van der Waals surface area contributed by atoms with Crippen molar-refractivity contribution in [1.29, 1.82) is 0 Å². The highest BCUT2D eigenvalue weighted by Gasteiger charge is 2.19. The number of nitrogens with one attached hydrogen (secondary N) is 1. The maximum Gasteiger partial charge on any atom is 0.260 e. The van der Waals surface area contributed by atoms with Crippen LogP contribution >= 0.6 is 23.1 Å². The maximum absolute atomic E-state index is 13.1. The summed E-state index contributed by atoms with van der Waals surface area (Å²) in [6, 6.07) is 10.1. The highest BCUT2D eigenvalue weighted by atomic mass is 32.2. The SMILES string of the molecule is C=CCn1c(SCc2nc3sc(C)c(-c4ccc(C)cc4)c3c(=O)[nH]2)nnc1-c1ccoc1C. The van der Waals surface area contributed by atoms with Crippen molar-refractivity contribution in [3.05, 3.63) is 81.6 Å². The molecule has 0 aliphatic heterocycles. The number of hydrogen-bond acceptors (Lipinski definition) is 7. The Morgan fingerprint density at radius 1 is 1.18 bits per heavy atom.